The largest absolute Gasteiger partial charge is 0.370 e. The molecule has 0 amide bonds. The normalized spacial score (nSPS) is 16.0. The van der Waals surface area contributed by atoms with E-state index < -0.39 is 0 Å². The number of fused-ring (bicyclic) bond motifs is 1. The Kier molecular flexibility index (Phi) is 5.91. The zero-order chi connectivity index (χ0) is 14.8. The molecule has 0 aliphatic heterocycles. The Bertz CT molecular complexity index is 676. The fourth-order valence-corrected chi connectivity index (χ4v) is 3.19. The summed E-state index contributed by atoms with van der Waals surface area (Å²) in [6.07, 6.45) is 4.90. The lowest BCUT2D eigenvalue weighted by Gasteiger charge is -2.12. The smallest absolute Gasteiger partial charge is 0.189 e. The van der Waals surface area contributed by atoms with Crippen molar-refractivity contribution in [2.45, 2.75) is 38.3 Å². The summed E-state index contributed by atoms with van der Waals surface area (Å²) in [6.45, 7) is 0.451. The molecule has 120 valence electrons. The van der Waals surface area contributed by atoms with Crippen molar-refractivity contribution in [2.24, 2.45) is 17.8 Å². The van der Waals surface area contributed by atoms with Crippen LogP contribution in [0, 0.1) is 0 Å². The summed E-state index contributed by atoms with van der Waals surface area (Å²) in [6, 6.07) is 6.20. The minimum Gasteiger partial charge on any atom is -0.370 e. The van der Waals surface area contributed by atoms with Gasteiger partial charge in [-0.2, -0.15) is 0 Å². The van der Waals surface area contributed by atoms with E-state index in [-0.39, 0.29) is 24.0 Å². The maximum atomic E-state index is 6.22. The molecule has 1 heterocycles. The molecule has 3 N–H and O–H groups in total. The van der Waals surface area contributed by atoms with E-state index in [2.05, 4.69) is 15.3 Å². The summed E-state index contributed by atoms with van der Waals surface area (Å²) in [5.74, 6) is 1.36. The van der Waals surface area contributed by atoms with Crippen LogP contribution in [0.5, 0.6) is 0 Å². The number of hydrogen-bond acceptors (Lipinski definition) is 2. The van der Waals surface area contributed by atoms with Crippen molar-refractivity contribution in [1.82, 2.24) is 14.9 Å². The van der Waals surface area contributed by atoms with Crippen LogP contribution in [-0.4, -0.2) is 21.6 Å². The van der Waals surface area contributed by atoms with Crippen LogP contribution >= 0.6 is 35.6 Å². The Morgan fingerprint density at radius 2 is 2.18 bits per heavy atom. The van der Waals surface area contributed by atoms with Crippen LogP contribution in [0.4, 0.5) is 0 Å². The van der Waals surface area contributed by atoms with E-state index in [0.717, 1.165) is 16.9 Å². The molecule has 1 fully saturated rings. The number of nitrogens with two attached hydrogens (primary N) is 1. The Labute approximate surface area is 152 Å². The molecule has 0 spiro atoms. The molecule has 5 nitrogen and oxygen atoms in total. The van der Waals surface area contributed by atoms with Crippen molar-refractivity contribution >= 4 is 52.6 Å². The molecule has 0 saturated heterocycles. The summed E-state index contributed by atoms with van der Waals surface area (Å²) < 4.78 is 1.98. The molecule has 2 aromatic rings. The highest BCUT2D eigenvalue weighted by molar-refractivity contribution is 14.0. The van der Waals surface area contributed by atoms with Crippen LogP contribution in [0.25, 0.3) is 11.0 Å². The Morgan fingerprint density at radius 1 is 1.45 bits per heavy atom. The lowest BCUT2D eigenvalue weighted by Crippen LogP contribution is -2.38. The summed E-state index contributed by atoms with van der Waals surface area (Å²) in [4.78, 5) is 8.97. The van der Waals surface area contributed by atoms with Crippen LogP contribution < -0.4 is 11.1 Å². The van der Waals surface area contributed by atoms with Crippen LogP contribution in [-0.2, 0) is 13.6 Å². The van der Waals surface area contributed by atoms with Crippen molar-refractivity contribution in [3.05, 3.63) is 29.0 Å². The molecule has 22 heavy (non-hydrogen) atoms. The minimum absolute atomic E-state index is 0. The summed E-state index contributed by atoms with van der Waals surface area (Å²) in [5.41, 5.74) is 7.77. The maximum Gasteiger partial charge on any atom is 0.189 e. The number of benzene rings is 1. The van der Waals surface area contributed by atoms with Gasteiger partial charge in [-0.05, 0) is 25.0 Å². The number of guanidine groups is 1. The molecule has 0 bridgehead atoms. The fourth-order valence-electron chi connectivity index (χ4n) is 2.89. The maximum absolute atomic E-state index is 6.22. The minimum atomic E-state index is 0. The Morgan fingerprint density at radius 3 is 2.86 bits per heavy atom. The van der Waals surface area contributed by atoms with Crippen molar-refractivity contribution in [3.63, 3.8) is 0 Å². The van der Waals surface area contributed by atoms with E-state index in [4.69, 9.17) is 17.3 Å². The monoisotopic (exact) mass is 433 g/mol. The molecule has 1 aromatic carbocycles. The van der Waals surface area contributed by atoms with Gasteiger partial charge in [0, 0.05) is 13.1 Å². The number of nitrogens with one attached hydrogen (secondary N) is 1. The van der Waals surface area contributed by atoms with E-state index in [1.165, 1.54) is 25.7 Å². The molecule has 0 radical (unpaired) electrons. The van der Waals surface area contributed by atoms with Crippen LogP contribution in [0.1, 0.15) is 31.5 Å². The highest BCUT2D eigenvalue weighted by Gasteiger charge is 2.15. The van der Waals surface area contributed by atoms with Crippen molar-refractivity contribution < 1.29 is 0 Å². The van der Waals surface area contributed by atoms with Gasteiger partial charge in [-0.25, -0.2) is 9.98 Å². The molecule has 7 heteroatoms. The van der Waals surface area contributed by atoms with Gasteiger partial charge >= 0.3 is 0 Å². The van der Waals surface area contributed by atoms with Gasteiger partial charge in [0.15, 0.2) is 5.96 Å². The molecular weight excluding hydrogens is 413 g/mol. The van der Waals surface area contributed by atoms with Crippen LogP contribution in [0.15, 0.2) is 23.2 Å². The number of aliphatic imine (C=N–C) groups is 1. The third kappa shape index (κ3) is 3.65. The highest BCUT2D eigenvalue weighted by Crippen LogP contribution is 2.23. The lowest BCUT2D eigenvalue weighted by molar-refractivity contribution is 0.624. The molecule has 0 atom stereocenters. The number of aromatic nitrogens is 2. The molecule has 1 aliphatic carbocycles. The van der Waals surface area contributed by atoms with Gasteiger partial charge in [-0.3, -0.25) is 0 Å². The first kappa shape index (κ1) is 17.3. The first-order valence-electron chi connectivity index (χ1n) is 7.31. The average Bonchev–Trinajstić information content (AvgIpc) is 3.06. The van der Waals surface area contributed by atoms with E-state index in [9.17, 15) is 0 Å². The van der Waals surface area contributed by atoms with E-state index in [1.54, 1.807) is 0 Å². The van der Waals surface area contributed by atoms with Gasteiger partial charge < -0.3 is 15.6 Å². The number of halogens is 2. The average molecular weight is 434 g/mol. The molecule has 1 aromatic heterocycles. The molecule has 0 unspecified atom stereocenters. The first-order valence-corrected chi connectivity index (χ1v) is 7.69. The second-order valence-electron chi connectivity index (χ2n) is 5.52. The number of aryl methyl sites for hydroxylation is 1. The van der Waals surface area contributed by atoms with Gasteiger partial charge in [0.2, 0.25) is 0 Å². The summed E-state index contributed by atoms with van der Waals surface area (Å²) >= 11 is 6.22. The van der Waals surface area contributed by atoms with E-state index in [1.807, 2.05) is 29.8 Å². The SMILES string of the molecule is Cn1c(CN=C(N)NC2CCCC2)nc2cccc(Cl)c21.I. The summed E-state index contributed by atoms with van der Waals surface area (Å²) in [5, 5.41) is 3.98. The second-order valence-corrected chi connectivity index (χ2v) is 5.93. The number of para-hydroxylation sites is 1. The predicted molar refractivity (Wildman–Crippen MR) is 102 cm³/mol. The molecular formula is C15H21ClIN5. The number of nitrogens with zero attached hydrogens (tertiary/aromatic N) is 3. The standard InChI is InChI=1S/C15H20ClN5.HI/c1-21-13(20-12-8-4-7-11(16)14(12)21)9-18-15(17)19-10-5-2-3-6-10;/h4,7-8,10H,2-3,5-6,9H2,1H3,(H3,17,18,19);1H. The fraction of sp³-hybridized carbons (Fsp3) is 0.467. The van der Waals surface area contributed by atoms with Gasteiger partial charge in [0.05, 0.1) is 16.1 Å². The van der Waals surface area contributed by atoms with Gasteiger partial charge in [0.25, 0.3) is 0 Å². The Hall–Kier alpha value is -1.02. The van der Waals surface area contributed by atoms with Crippen molar-refractivity contribution in [3.8, 4) is 0 Å². The highest BCUT2D eigenvalue weighted by atomic mass is 127. The van der Waals surface area contributed by atoms with Crippen LogP contribution in [0.3, 0.4) is 0 Å². The predicted octanol–water partition coefficient (Wildman–Crippen LogP) is 3.19. The van der Waals surface area contributed by atoms with Crippen LogP contribution in [0.2, 0.25) is 5.02 Å². The second kappa shape index (κ2) is 7.50. The molecule has 1 saturated carbocycles. The third-order valence-electron chi connectivity index (χ3n) is 4.04. The van der Waals surface area contributed by atoms with Gasteiger partial charge in [-0.15, -0.1) is 24.0 Å². The number of imidazole rings is 1. The van der Waals surface area contributed by atoms with Gasteiger partial charge in [0.1, 0.15) is 12.4 Å². The quantitative estimate of drug-likeness (QED) is 0.444. The zero-order valence-electron chi connectivity index (χ0n) is 12.6. The third-order valence-corrected chi connectivity index (χ3v) is 4.34. The lowest BCUT2D eigenvalue weighted by atomic mass is 10.2. The van der Waals surface area contributed by atoms with Crippen molar-refractivity contribution in [2.75, 3.05) is 0 Å². The molecule has 3 rings (SSSR count). The molecule has 1 aliphatic rings. The van der Waals surface area contributed by atoms with Gasteiger partial charge in [-0.1, -0.05) is 30.5 Å². The topological polar surface area (TPSA) is 68.2 Å². The van der Waals surface area contributed by atoms with E-state index in [0.29, 0.717) is 23.6 Å². The van der Waals surface area contributed by atoms with E-state index >= 15 is 0 Å². The number of hydrogen-bond donors (Lipinski definition) is 2. The Balaban J connectivity index is 0.00000176. The first-order chi connectivity index (χ1) is 10.1. The van der Waals surface area contributed by atoms with Crippen molar-refractivity contribution in [1.29, 1.82) is 0 Å². The summed E-state index contributed by atoms with van der Waals surface area (Å²) in [7, 11) is 1.95. The zero-order valence-corrected chi connectivity index (χ0v) is 15.6. The number of rotatable bonds is 3.